The largest absolute Gasteiger partial charge is 0.469 e. The molecule has 23 heavy (non-hydrogen) atoms. The normalized spacial score (nSPS) is 23.4. The van der Waals surface area contributed by atoms with Crippen molar-refractivity contribution in [3.63, 3.8) is 0 Å². The number of nitrogens with one attached hydrogen (secondary N) is 1. The average Bonchev–Trinajstić information content (AvgIpc) is 2.71. The lowest BCUT2D eigenvalue weighted by Gasteiger charge is -2.27. The van der Waals surface area contributed by atoms with Crippen molar-refractivity contribution in [2.45, 2.75) is 37.6 Å². The van der Waals surface area contributed by atoms with Crippen molar-refractivity contribution >= 4 is 17.9 Å². The maximum absolute atomic E-state index is 13.0. The van der Waals surface area contributed by atoms with Crippen molar-refractivity contribution in [3.8, 4) is 0 Å². The minimum atomic E-state index is -0.986. The number of benzene rings is 1. The molecule has 6 heteroatoms. The third-order valence-corrected chi connectivity index (χ3v) is 4.67. The van der Waals surface area contributed by atoms with Crippen molar-refractivity contribution in [2.24, 2.45) is 0 Å². The lowest BCUT2D eigenvalue weighted by Crippen LogP contribution is -2.44. The Morgan fingerprint density at radius 3 is 2.87 bits per heavy atom. The number of hydrogen-bond acceptors (Lipinski definition) is 4. The predicted octanol–water partition coefficient (Wildman–Crippen LogP) is 1.72. The number of fused-ring (bicyclic) bond motifs is 2. The Balaban J connectivity index is 1.92. The Kier molecular flexibility index (Phi) is 4.07. The van der Waals surface area contributed by atoms with E-state index in [1.807, 2.05) is 24.3 Å². The molecule has 0 bridgehead atoms. The summed E-state index contributed by atoms with van der Waals surface area (Å²) in [6.07, 6.45) is 3.36. The molecule has 122 valence electrons. The van der Waals surface area contributed by atoms with E-state index in [0.717, 1.165) is 35.3 Å². The summed E-state index contributed by atoms with van der Waals surface area (Å²) in [4.78, 5) is 37.8. The van der Waals surface area contributed by atoms with Gasteiger partial charge in [-0.3, -0.25) is 14.5 Å². The lowest BCUT2D eigenvalue weighted by atomic mass is 9.84. The molecule has 1 spiro atoms. The molecule has 1 aliphatic heterocycles. The molecule has 6 nitrogen and oxygen atoms in total. The molecule has 3 amide bonds. The van der Waals surface area contributed by atoms with E-state index in [1.165, 1.54) is 7.11 Å². The van der Waals surface area contributed by atoms with Gasteiger partial charge in [-0.15, -0.1) is 0 Å². The van der Waals surface area contributed by atoms with E-state index in [-0.39, 0.29) is 18.9 Å². The summed E-state index contributed by atoms with van der Waals surface area (Å²) >= 11 is 0. The molecule has 0 radical (unpaired) electrons. The molecular formula is C17H20N2O4. The van der Waals surface area contributed by atoms with Crippen LogP contribution in [0.25, 0.3) is 0 Å². The molecule has 1 aromatic rings. The Bertz CT molecular complexity index is 658. The standard InChI is InChI=1S/C17H20N2O4/c1-23-14(20)9-11-19-15(21)17(18-16(19)22)10-5-4-7-12-6-2-3-8-13(12)17/h2-3,6,8H,4-5,7,9-11H2,1H3,(H,18,22)/t17-/m1/s1. The Labute approximate surface area is 134 Å². The molecule has 0 unspecified atom stereocenters. The van der Waals surface area contributed by atoms with Gasteiger partial charge in [-0.1, -0.05) is 24.3 Å². The predicted molar refractivity (Wildman–Crippen MR) is 82.6 cm³/mol. The lowest BCUT2D eigenvalue weighted by molar-refractivity contribution is -0.141. The molecule has 0 aromatic heterocycles. The topological polar surface area (TPSA) is 75.7 Å². The molecular weight excluding hydrogens is 296 g/mol. The second-order valence-electron chi connectivity index (χ2n) is 5.98. The number of imide groups is 1. The van der Waals surface area contributed by atoms with Crippen LogP contribution < -0.4 is 5.32 Å². The summed E-state index contributed by atoms with van der Waals surface area (Å²) in [7, 11) is 1.29. The fourth-order valence-electron chi connectivity index (χ4n) is 3.48. The van der Waals surface area contributed by atoms with Crippen molar-refractivity contribution in [3.05, 3.63) is 35.4 Å². The number of urea groups is 1. The Hall–Kier alpha value is -2.37. The van der Waals surface area contributed by atoms with Crippen molar-refractivity contribution in [1.82, 2.24) is 10.2 Å². The van der Waals surface area contributed by atoms with Gasteiger partial charge in [-0.25, -0.2) is 4.79 Å². The molecule has 1 saturated heterocycles. The monoisotopic (exact) mass is 316 g/mol. The molecule has 1 atom stereocenters. The second-order valence-corrected chi connectivity index (χ2v) is 5.98. The van der Waals surface area contributed by atoms with E-state index >= 15 is 0 Å². The summed E-state index contributed by atoms with van der Waals surface area (Å²) in [5, 5.41) is 2.89. The number of esters is 1. The zero-order valence-electron chi connectivity index (χ0n) is 13.1. The van der Waals surface area contributed by atoms with Crippen molar-refractivity contribution in [1.29, 1.82) is 0 Å². The van der Waals surface area contributed by atoms with E-state index in [0.29, 0.717) is 6.42 Å². The maximum atomic E-state index is 13.0. The third kappa shape index (κ3) is 2.58. The first-order valence-electron chi connectivity index (χ1n) is 7.88. The molecule has 3 rings (SSSR count). The van der Waals surface area contributed by atoms with Gasteiger partial charge in [-0.05, 0) is 36.8 Å². The number of rotatable bonds is 3. The minimum Gasteiger partial charge on any atom is -0.469 e. The molecule has 0 saturated carbocycles. The summed E-state index contributed by atoms with van der Waals surface area (Å²) in [6, 6.07) is 7.34. The first kappa shape index (κ1) is 15.5. The molecule has 1 heterocycles. The molecule has 1 N–H and O–H groups in total. The highest BCUT2D eigenvalue weighted by Gasteiger charge is 2.53. The SMILES string of the molecule is COC(=O)CCN1C(=O)N[C@@]2(CCCCc3ccccc32)C1=O. The van der Waals surface area contributed by atoms with E-state index in [2.05, 4.69) is 10.1 Å². The van der Waals surface area contributed by atoms with Crippen LogP contribution in [-0.4, -0.2) is 36.5 Å². The van der Waals surface area contributed by atoms with E-state index in [9.17, 15) is 14.4 Å². The van der Waals surface area contributed by atoms with Crippen LogP contribution in [0.1, 0.15) is 36.8 Å². The van der Waals surface area contributed by atoms with Gasteiger partial charge in [0.25, 0.3) is 5.91 Å². The van der Waals surface area contributed by atoms with Crippen LogP contribution in [0.2, 0.25) is 0 Å². The van der Waals surface area contributed by atoms with Crippen LogP contribution in [-0.2, 0) is 26.3 Å². The first-order chi connectivity index (χ1) is 11.1. The minimum absolute atomic E-state index is 0.00733. The highest BCUT2D eigenvalue weighted by molar-refractivity contribution is 6.07. The number of carbonyl (C=O) groups is 3. The number of aryl methyl sites for hydroxylation is 1. The zero-order valence-corrected chi connectivity index (χ0v) is 13.1. The van der Waals surface area contributed by atoms with Crippen LogP contribution in [0.15, 0.2) is 24.3 Å². The van der Waals surface area contributed by atoms with Crippen LogP contribution in [0.5, 0.6) is 0 Å². The number of hydrogen-bond donors (Lipinski definition) is 1. The third-order valence-electron chi connectivity index (χ3n) is 4.67. The quantitative estimate of drug-likeness (QED) is 0.680. The fraction of sp³-hybridized carbons (Fsp3) is 0.471. The van der Waals surface area contributed by atoms with Crippen LogP contribution >= 0.6 is 0 Å². The molecule has 1 aliphatic carbocycles. The van der Waals surface area contributed by atoms with Crippen LogP contribution in [0, 0.1) is 0 Å². The maximum Gasteiger partial charge on any atom is 0.325 e. The number of methoxy groups -OCH3 is 1. The van der Waals surface area contributed by atoms with E-state index in [4.69, 9.17) is 0 Å². The second kappa shape index (κ2) is 6.02. The number of amides is 3. The molecule has 1 fully saturated rings. The van der Waals surface area contributed by atoms with Gasteiger partial charge in [0.1, 0.15) is 5.54 Å². The van der Waals surface area contributed by atoms with Gasteiger partial charge in [0.05, 0.1) is 13.5 Å². The Morgan fingerprint density at radius 1 is 1.30 bits per heavy atom. The van der Waals surface area contributed by atoms with Gasteiger partial charge in [0.2, 0.25) is 0 Å². The van der Waals surface area contributed by atoms with Gasteiger partial charge >= 0.3 is 12.0 Å². The zero-order chi connectivity index (χ0) is 16.4. The average molecular weight is 316 g/mol. The number of ether oxygens (including phenoxy) is 1. The fourth-order valence-corrected chi connectivity index (χ4v) is 3.48. The van der Waals surface area contributed by atoms with Crippen molar-refractivity contribution in [2.75, 3.05) is 13.7 Å². The van der Waals surface area contributed by atoms with Gasteiger partial charge in [0.15, 0.2) is 0 Å². The van der Waals surface area contributed by atoms with Crippen LogP contribution in [0.3, 0.4) is 0 Å². The van der Waals surface area contributed by atoms with Gasteiger partial charge in [0, 0.05) is 6.54 Å². The van der Waals surface area contributed by atoms with E-state index < -0.39 is 17.5 Å². The molecule has 1 aromatic carbocycles. The highest BCUT2D eigenvalue weighted by atomic mass is 16.5. The van der Waals surface area contributed by atoms with Gasteiger partial charge in [-0.2, -0.15) is 0 Å². The summed E-state index contributed by atoms with van der Waals surface area (Å²) in [5.41, 5.74) is 1.00. The highest BCUT2D eigenvalue weighted by Crippen LogP contribution is 2.38. The Morgan fingerprint density at radius 2 is 2.09 bits per heavy atom. The number of carbonyl (C=O) groups excluding carboxylic acids is 3. The van der Waals surface area contributed by atoms with Crippen LogP contribution in [0.4, 0.5) is 4.79 Å². The summed E-state index contributed by atoms with van der Waals surface area (Å²) in [5.74, 6) is -0.700. The summed E-state index contributed by atoms with van der Waals surface area (Å²) < 4.78 is 4.59. The summed E-state index contributed by atoms with van der Waals surface area (Å²) in [6.45, 7) is 0.0429. The van der Waals surface area contributed by atoms with E-state index in [1.54, 1.807) is 0 Å². The number of nitrogens with zero attached hydrogens (tertiary/aromatic N) is 1. The van der Waals surface area contributed by atoms with Gasteiger partial charge < -0.3 is 10.1 Å². The van der Waals surface area contributed by atoms with Crippen molar-refractivity contribution < 1.29 is 19.1 Å². The molecule has 2 aliphatic rings. The first-order valence-corrected chi connectivity index (χ1v) is 7.88. The smallest absolute Gasteiger partial charge is 0.325 e.